The van der Waals surface area contributed by atoms with Crippen LogP contribution in [0, 0.1) is 0 Å². The molecule has 3 nitrogen and oxygen atoms in total. The molecule has 0 atom stereocenters. The van der Waals surface area contributed by atoms with Gasteiger partial charge in [0, 0.05) is 0 Å². The minimum atomic E-state index is -3.81. The van der Waals surface area contributed by atoms with Crippen LogP contribution in [0.1, 0.15) is 41.5 Å². The molecule has 5 heteroatoms. The zero-order chi connectivity index (χ0) is 13.3. The van der Waals surface area contributed by atoms with E-state index in [4.69, 9.17) is 4.55 Å². The van der Waals surface area contributed by atoms with E-state index < -0.39 is 10.1 Å². The van der Waals surface area contributed by atoms with Gasteiger partial charge in [-0.1, -0.05) is 29.9 Å². The molecular weight excluding hydrogens is 259 g/mol. The molecule has 0 aromatic heterocycles. The molecule has 1 N–H and O–H groups in total. The van der Waals surface area contributed by atoms with Crippen LogP contribution in [0.4, 0.5) is 0 Å². The van der Waals surface area contributed by atoms with E-state index in [-0.39, 0.29) is 36.7 Å². The van der Waals surface area contributed by atoms with Gasteiger partial charge in [-0.05, 0) is 45.6 Å². The van der Waals surface area contributed by atoms with Crippen molar-refractivity contribution in [1.29, 1.82) is 0 Å². The average Bonchev–Trinajstić information content (AvgIpc) is 2.18. The molecule has 0 aromatic carbocycles. The molecule has 0 heterocycles. The third kappa shape index (κ3) is 14.2. The van der Waals surface area contributed by atoms with Gasteiger partial charge in [-0.25, -0.2) is 0 Å². The average molecular weight is 282 g/mol. The van der Waals surface area contributed by atoms with Crippen LogP contribution in [-0.4, -0.2) is 18.7 Å². The Morgan fingerprint density at radius 2 is 1.89 bits per heavy atom. The maximum Gasteiger partial charge on any atom is 1.00 e. The van der Waals surface area contributed by atoms with E-state index in [0.29, 0.717) is 6.42 Å². The summed E-state index contributed by atoms with van der Waals surface area (Å²) in [6.07, 6.45) is 10.1. The van der Waals surface area contributed by atoms with Crippen LogP contribution in [-0.2, 0) is 10.1 Å². The number of hydrogen-bond donors (Lipinski definition) is 1. The maximum atomic E-state index is 10.5. The van der Waals surface area contributed by atoms with Crippen molar-refractivity contribution in [3.63, 3.8) is 0 Å². The maximum absolute atomic E-state index is 10.5. The normalized spacial score (nSPS) is 12.3. The van der Waals surface area contributed by atoms with Crippen LogP contribution in [0.25, 0.3) is 0 Å². The van der Waals surface area contributed by atoms with E-state index in [1.54, 1.807) is 0 Å². The number of unbranched alkanes of at least 4 members (excludes halogenated alkanes) is 1. The van der Waals surface area contributed by atoms with Crippen molar-refractivity contribution < 1.29 is 44.0 Å². The van der Waals surface area contributed by atoms with Gasteiger partial charge in [0.1, 0.15) is 0 Å². The largest absolute Gasteiger partial charge is 1.00 e. The number of rotatable bonds is 7. The van der Waals surface area contributed by atoms with E-state index in [9.17, 15) is 8.42 Å². The van der Waals surface area contributed by atoms with Gasteiger partial charge >= 0.3 is 29.6 Å². The summed E-state index contributed by atoms with van der Waals surface area (Å²) in [7, 11) is -3.81. The van der Waals surface area contributed by atoms with Crippen LogP contribution < -0.4 is 29.6 Å². The van der Waals surface area contributed by atoms with E-state index in [2.05, 4.69) is 6.08 Å². The van der Waals surface area contributed by atoms with E-state index in [1.165, 1.54) is 11.1 Å². The standard InChI is InChI=1S/C13H22O3S.Na.H/c1-4-5-8-13(11-12(2)3)9-6-7-10-17(14,15)16;;/h4-5,8,11H,6-7,9-10H2,1-3H3,(H,14,15,16);;/q;+1;-1. The fourth-order valence-corrected chi connectivity index (χ4v) is 1.98. The summed E-state index contributed by atoms with van der Waals surface area (Å²) in [5.74, 6) is -0.154. The Labute approximate surface area is 135 Å². The summed E-state index contributed by atoms with van der Waals surface area (Å²) in [5, 5.41) is 0. The molecular formula is C13H23NaO3S. The van der Waals surface area contributed by atoms with Crippen molar-refractivity contribution in [2.45, 2.75) is 40.0 Å². The first-order valence-corrected chi connectivity index (χ1v) is 7.38. The molecule has 0 saturated carbocycles. The molecule has 0 aliphatic rings. The van der Waals surface area contributed by atoms with Crippen molar-refractivity contribution in [3.8, 4) is 0 Å². The van der Waals surface area contributed by atoms with Crippen molar-refractivity contribution in [2.75, 3.05) is 5.75 Å². The molecule has 0 amide bonds. The summed E-state index contributed by atoms with van der Waals surface area (Å²) < 4.78 is 29.7. The second-order valence-corrected chi connectivity index (χ2v) is 5.80. The summed E-state index contributed by atoms with van der Waals surface area (Å²) in [5.41, 5.74) is 2.40. The van der Waals surface area contributed by atoms with Crippen molar-refractivity contribution >= 4 is 10.1 Å². The first kappa shape index (κ1) is 20.4. The zero-order valence-corrected chi connectivity index (χ0v) is 14.6. The van der Waals surface area contributed by atoms with Gasteiger partial charge in [0.05, 0.1) is 5.75 Å². The Bertz CT molecular complexity index is 408. The first-order valence-electron chi connectivity index (χ1n) is 5.77. The van der Waals surface area contributed by atoms with E-state index >= 15 is 0 Å². The number of allylic oxidation sites excluding steroid dienone is 6. The third-order valence-corrected chi connectivity index (χ3v) is 2.90. The van der Waals surface area contributed by atoms with Gasteiger partial charge in [-0.2, -0.15) is 8.42 Å². The van der Waals surface area contributed by atoms with Crippen LogP contribution >= 0.6 is 0 Å². The summed E-state index contributed by atoms with van der Waals surface area (Å²) >= 11 is 0. The van der Waals surface area contributed by atoms with Crippen molar-refractivity contribution in [1.82, 2.24) is 0 Å². The Hall–Kier alpha value is 0.130. The van der Waals surface area contributed by atoms with Crippen LogP contribution in [0.2, 0.25) is 0 Å². The van der Waals surface area contributed by atoms with Gasteiger partial charge in [0.15, 0.2) is 0 Å². The summed E-state index contributed by atoms with van der Waals surface area (Å²) in [6, 6.07) is 0. The Morgan fingerprint density at radius 3 is 2.33 bits per heavy atom. The molecule has 100 valence electrons. The first-order chi connectivity index (χ1) is 7.85. The minimum absolute atomic E-state index is 0. The second kappa shape index (κ2) is 11.0. The molecule has 0 saturated heterocycles. The van der Waals surface area contributed by atoms with E-state index in [0.717, 1.165) is 12.8 Å². The Balaban J connectivity index is -0.00000128. The molecule has 0 aromatic rings. The molecule has 0 spiro atoms. The monoisotopic (exact) mass is 282 g/mol. The molecule has 0 aliphatic heterocycles. The van der Waals surface area contributed by atoms with Gasteiger partial charge in [-0.15, -0.1) is 0 Å². The molecule has 0 radical (unpaired) electrons. The Morgan fingerprint density at radius 1 is 1.28 bits per heavy atom. The Kier molecular flexibility index (Phi) is 12.5. The predicted molar refractivity (Wildman–Crippen MR) is 73.7 cm³/mol. The second-order valence-electron chi connectivity index (χ2n) is 4.23. The van der Waals surface area contributed by atoms with Crippen molar-refractivity contribution in [2.24, 2.45) is 0 Å². The van der Waals surface area contributed by atoms with Crippen LogP contribution in [0.15, 0.2) is 35.5 Å². The fraction of sp³-hybridized carbons (Fsp3) is 0.538. The third-order valence-electron chi connectivity index (χ3n) is 2.09. The SMILES string of the molecule is CC=CC=C(C=C(C)C)CCCCS(=O)(=O)O.[H-].[Na+]. The predicted octanol–water partition coefficient (Wildman–Crippen LogP) is 0.630. The van der Waals surface area contributed by atoms with Crippen LogP contribution in [0.3, 0.4) is 0 Å². The zero-order valence-electron chi connectivity index (χ0n) is 12.8. The van der Waals surface area contributed by atoms with Crippen molar-refractivity contribution in [3.05, 3.63) is 35.5 Å². The molecule has 0 unspecified atom stereocenters. The topological polar surface area (TPSA) is 54.4 Å². The molecule has 0 fully saturated rings. The van der Waals surface area contributed by atoms with Gasteiger partial charge in [0.25, 0.3) is 10.1 Å². The molecule has 0 aliphatic carbocycles. The molecule has 0 bridgehead atoms. The van der Waals surface area contributed by atoms with Crippen LogP contribution in [0.5, 0.6) is 0 Å². The summed E-state index contributed by atoms with van der Waals surface area (Å²) in [4.78, 5) is 0. The minimum Gasteiger partial charge on any atom is -1.00 e. The summed E-state index contributed by atoms with van der Waals surface area (Å²) in [6.45, 7) is 6.01. The van der Waals surface area contributed by atoms with Gasteiger partial charge < -0.3 is 1.43 Å². The van der Waals surface area contributed by atoms with E-state index in [1.807, 2.05) is 39.0 Å². The van der Waals surface area contributed by atoms with Gasteiger partial charge in [0.2, 0.25) is 0 Å². The molecule has 0 rings (SSSR count). The number of hydrogen-bond acceptors (Lipinski definition) is 2. The quantitative estimate of drug-likeness (QED) is 0.322. The molecule has 18 heavy (non-hydrogen) atoms. The van der Waals surface area contributed by atoms with Gasteiger partial charge in [-0.3, -0.25) is 4.55 Å². The fourth-order valence-electron chi connectivity index (χ4n) is 1.41. The smallest absolute Gasteiger partial charge is 1.00 e.